The van der Waals surface area contributed by atoms with E-state index in [1.807, 2.05) is 6.07 Å². The molecule has 2 rings (SSSR count). The third-order valence-corrected chi connectivity index (χ3v) is 3.44. The minimum atomic E-state index is -0.220. The molecule has 1 fully saturated rings. The lowest BCUT2D eigenvalue weighted by Crippen LogP contribution is -2.40. The molecule has 4 nitrogen and oxygen atoms in total. The minimum Gasteiger partial charge on any atom is -0.385 e. The zero-order valence-electron chi connectivity index (χ0n) is 11.8. The Bertz CT molecular complexity index is 441. The molecule has 5 heteroatoms. The lowest BCUT2D eigenvalue weighted by atomic mass is 10.1. The number of piperidine rings is 1. The summed E-state index contributed by atoms with van der Waals surface area (Å²) in [6, 6.07) is 6.48. The van der Waals surface area contributed by atoms with Crippen molar-refractivity contribution in [2.24, 2.45) is 10.7 Å². The van der Waals surface area contributed by atoms with Crippen molar-refractivity contribution >= 4 is 11.6 Å². The molecule has 3 N–H and O–H groups in total. The number of nitrogens with zero attached hydrogens (tertiary/aromatic N) is 2. The number of hydrogen-bond donors (Lipinski definition) is 2. The predicted octanol–water partition coefficient (Wildman–Crippen LogP) is 2.43. The van der Waals surface area contributed by atoms with Crippen LogP contribution in [0.3, 0.4) is 0 Å². The molecule has 0 atom stereocenters. The van der Waals surface area contributed by atoms with Gasteiger partial charge in [-0.25, -0.2) is 4.39 Å². The summed E-state index contributed by atoms with van der Waals surface area (Å²) in [7, 11) is 0. The number of rotatable bonds is 5. The van der Waals surface area contributed by atoms with Crippen LogP contribution in [0.1, 0.15) is 25.7 Å². The fourth-order valence-electron chi connectivity index (χ4n) is 2.33. The summed E-state index contributed by atoms with van der Waals surface area (Å²) in [4.78, 5) is 6.56. The number of benzene rings is 1. The molecule has 0 spiro atoms. The Morgan fingerprint density at radius 2 is 2.10 bits per heavy atom. The number of aliphatic imine (C=N–C) groups is 1. The Balaban J connectivity index is 1.65. The molecular weight excluding hydrogens is 255 g/mol. The summed E-state index contributed by atoms with van der Waals surface area (Å²) in [5.41, 5.74) is 6.77. The first-order valence-corrected chi connectivity index (χ1v) is 7.30. The Labute approximate surface area is 119 Å². The molecule has 20 heavy (non-hydrogen) atoms. The molecule has 1 heterocycles. The van der Waals surface area contributed by atoms with Crippen LogP contribution in [-0.2, 0) is 0 Å². The Kier molecular flexibility index (Phi) is 5.65. The third kappa shape index (κ3) is 4.72. The van der Waals surface area contributed by atoms with Crippen molar-refractivity contribution in [3.05, 3.63) is 30.1 Å². The standard InChI is InChI=1S/C15H23FN4/c16-13-6-4-7-14(12-13)18-8-5-9-19-15(17)20-10-2-1-3-11-20/h4,6-7,12,18H,1-3,5,8-11H2,(H2,17,19). The van der Waals surface area contributed by atoms with Gasteiger partial charge in [0.15, 0.2) is 5.96 Å². The summed E-state index contributed by atoms with van der Waals surface area (Å²) in [6.45, 7) is 3.51. The van der Waals surface area contributed by atoms with E-state index in [-0.39, 0.29) is 5.82 Å². The smallest absolute Gasteiger partial charge is 0.191 e. The zero-order chi connectivity index (χ0) is 14.2. The number of halogens is 1. The molecule has 1 aliphatic rings. The predicted molar refractivity (Wildman–Crippen MR) is 81.4 cm³/mol. The highest BCUT2D eigenvalue weighted by Crippen LogP contribution is 2.09. The van der Waals surface area contributed by atoms with Gasteiger partial charge in [0, 0.05) is 31.9 Å². The first kappa shape index (κ1) is 14.6. The van der Waals surface area contributed by atoms with Crippen LogP contribution in [0.15, 0.2) is 29.3 Å². The van der Waals surface area contributed by atoms with Crippen molar-refractivity contribution in [3.8, 4) is 0 Å². The van der Waals surface area contributed by atoms with Crippen LogP contribution in [0.5, 0.6) is 0 Å². The average Bonchev–Trinajstić information content (AvgIpc) is 2.48. The number of nitrogens with two attached hydrogens (primary N) is 1. The zero-order valence-corrected chi connectivity index (χ0v) is 11.8. The van der Waals surface area contributed by atoms with Gasteiger partial charge < -0.3 is 16.0 Å². The van der Waals surface area contributed by atoms with E-state index in [2.05, 4.69) is 15.2 Å². The van der Waals surface area contributed by atoms with Crippen molar-refractivity contribution in [2.45, 2.75) is 25.7 Å². The maximum absolute atomic E-state index is 13.0. The molecule has 0 unspecified atom stereocenters. The van der Waals surface area contributed by atoms with Gasteiger partial charge in [0.05, 0.1) is 0 Å². The number of hydrogen-bond acceptors (Lipinski definition) is 2. The Hall–Kier alpha value is -1.78. The molecule has 110 valence electrons. The first-order chi connectivity index (χ1) is 9.75. The topological polar surface area (TPSA) is 53.6 Å². The average molecular weight is 278 g/mol. The van der Waals surface area contributed by atoms with Crippen LogP contribution in [-0.4, -0.2) is 37.0 Å². The summed E-state index contributed by atoms with van der Waals surface area (Å²) in [6.07, 6.45) is 4.58. The lowest BCUT2D eigenvalue weighted by Gasteiger charge is -2.27. The minimum absolute atomic E-state index is 0.220. The van der Waals surface area contributed by atoms with Gasteiger partial charge in [0.2, 0.25) is 0 Å². The number of guanidine groups is 1. The monoisotopic (exact) mass is 278 g/mol. The molecule has 1 aliphatic heterocycles. The largest absolute Gasteiger partial charge is 0.385 e. The molecule has 1 aromatic carbocycles. The van der Waals surface area contributed by atoms with Crippen LogP contribution < -0.4 is 11.1 Å². The van der Waals surface area contributed by atoms with Gasteiger partial charge in [-0.2, -0.15) is 0 Å². The number of anilines is 1. The second-order valence-corrected chi connectivity index (χ2v) is 5.08. The molecule has 0 saturated carbocycles. The van der Waals surface area contributed by atoms with Crippen molar-refractivity contribution in [1.82, 2.24) is 4.90 Å². The highest BCUT2D eigenvalue weighted by molar-refractivity contribution is 5.78. The second-order valence-electron chi connectivity index (χ2n) is 5.08. The van der Waals surface area contributed by atoms with E-state index in [0.29, 0.717) is 12.5 Å². The highest BCUT2D eigenvalue weighted by atomic mass is 19.1. The fourth-order valence-corrected chi connectivity index (χ4v) is 2.33. The molecule has 0 amide bonds. The maximum Gasteiger partial charge on any atom is 0.191 e. The van der Waals surface area contributed by atoms with Crippen LogP contribution in [0, 0.1) is 5.82 Å². The van der Waals surface area contributed by atoms with Gasteiger partial charge >= 0.3 is 0 Å². The molecule has 1 aromatic rings. The van der Waals surface area contributed by atoms with Gasteiger partial charge in [0.1, 0.15) is 5.82 Å². The maximum atomic E-state index is 13.0. The van der Waals surface area contributed by atoms with Gasteiger partial charge in [-0.1, -0.05) is 6.07 Å². The molecule has 0 aliphatic carbocycles. The third-order valence-electron chi connectivity index (χ3n) is 3.44. The van der Waals surface area contributed by atoms with Crippen molar-refractivity contribution < 1.29 is 4.39 Å². The van der Waals surface area contributed by atoms with Gasteiger partial charge in [-0.3, -0.25) is 4.99 Å². The van der Waals surface area contributed by atoms with Gasteiger partial charge in [-0.15, -0.1) is 0 Å². The second kappa shape index (κ2) is 7.72. The number of nitrogens with one attached hydrogen (secondary N) is 1. The lowest BCUT2D eigenvalue weighted by molar-refractivity contribution is 0.338. The van der Waals surface area contributed by atoms with E-state index in [1.165, 1.54) is 31.4 Å². The summed E-state index contributed by atoms with van der Waals surface area (Å²) >= 11 is 0. The SMILES string of the molecule is NC(=NCCCNc1cccc(F)c1)N1CCCCC1. The van der Waals surface area contributed by atoms with Crippen molar-refractivity contribution in [3.63, 3.8) is 0 Å². The van der Waals surface area contributed by atoms with E-state index < -0.39 is 0 Å². The Morgan fingerprint density at radius 1 is 1.30 bits per heavy atom. The summed E-state index contributed by atoms with van der Waals surface area (Å²) < 4.78 is 13.0. The van der Waals surface area contributed by atoms with E-state index in [1.54, 1.807) is 6.07 Å². The first-order valence-electron chi connectivity index (χ1n) is 7.30. The van der Waals surface area contributed by atoms with Gasteiger partial charge in [-0.05, 0) is 43.9 Å². The van der Waals surface area contributed by atoms with E-state index in [4.69, 9.17) is 5.73 Å². The van der Waals surface area contributed by atoms with Crippen LogP contribution >= 0.6 is 0 Å². The van der Waals surface area contributed by atoms with E-state index in [9.17, 15) is 4.39 Å². The Morgan fingerprint density at radius 3 is 2.85 bits per heavy atom. The van der Waals surface area contributed by atoms with Crippen molar-refractivity contribution in [1.29, 1.82) is 0 Å². The van der Waals surface area contributed by atoms with Crippen LogP contribution in [0.25, 0.3) is 0 Å². The normalized spacial score (nSPS) is 16.2. The summed E-state index contributed by atoms with van der Waals surface area (Å²) in [5.74, 6) is 0.442. The quantitative estimate of drug-likeness (QED) is 0.494. The highest BCUT2D eigenvalue weighted by Gasteiger charge is 2.11. The van der Waals surface area contributed by atoms with E-state index in [0.717, 1.165) is 31.7 Å². The molecule has 0 bridgehead atoms. The molecular formula is C15H23FN4. The van der Waals surface area contributed by atoms with Crippen molar-refractivity contribution in [2.75, 3.05) is 31.5 Å². The number of likely N-dealkylation sites (tertiary alicyclic amines) is 1. The molecule has 1 saturated heterocycles. The summed E-state index contributed by atoms with van der Waals surface area (Å²) in [5, 5.41) is 3.18. The van der Waals surface area contributed by atoms with Gasteiger partial charge in [0.25, 0.3) is 0 Å². The molecule has 0 aromatic heterocycles. The fraction of sp³-hybridized carbons (Fsp3) is 0.533. The van der Waals surface area contributed by atoms with Crippen LogP contribution in [0.2, 0.25) is 0 Å². The molecule has 0 radical (unpaired) electrons. The van der Waals surface area contributed by atoms with Crippen LogP contribution in [0.4, 0.5) is 10.1 Å². The van der Waals surface area contributed by atoms with E-state index >= 15 is 0 Å².